The minimum Gasteiger partial charge on any atom is -0.494 e. The molecule has 3 aliphatic heterocycles. The predicted molar refractivity (Wildman–Crippen MR) is 258 cm³/mol. The number of carbonyl (C=O) groups excluding carboxylic acids is 5. The average molecular weight is 979 g/mol. The summed E-state index contributed by atoms with van der Waals surface area (Å²) in [4.78, 5) is 69.9. The number of H-pyrrole nitrogens is 1. The number of aromatic amines is 1. The molecule has 4 amide bonds. The van der Waals surface area contributed by atoms with Crippen LogP contribution in [0.1, 0.15) is 100 Å². The third kappa shape index (κ3) is 14.3. The Balaban J connectivity index is 1.000. The fourth-order valence-electron chi connectivity index (χ4n) is 8.41. The van der Waals surface area contributed by atoms with Gasteiger partial charge in [-0.3, -0.25) is 19.2 Å². The summed E-state index contributed by atoms with van der Waals surface area (Å²) in [5, 5.41) is 18.4. The number of unbranched alkanes of at least 4 members (excludes halogenated alkanes) is 2. The first kappa shape index (κ1) is 52.5. The SMILES string of the molecule is CC1=CC(/C=C/c2ccc(OCCCC(=O)NC(CCCC[N+](C)(C)C)C(=O)NCCCCC(=O)ON3C(=O)CCC3=O)cc2)=[N+]2C1=Cc1c(CCCSOOO)cc(-c3ccc(C)[nH]3)n1[B-]2(F)F. The number of hydrogen-bond acceptors (Lipinski definition) is 11. The average Bonchev–Trinajstić information content (AvgIpc) is 4.07. The van der Waals surface area contributed by atoms with Crippen LogP contribution in [0.2, 0.25) is 0 Å². The van der Waals surface area contributed by atoms with E-state index in [0.29, 0.717) is 89.2 Å². The Hall–Kier alpha value is -5.87. The number of carbonyl (C=O) groups is 5. The highest BCUT2D eigenvalue weighted by Crippen LogP contribution is 2.40. The number of nitrogens with one attached hydrogen (secondary N) is 3. The molecule has 1 aromatic carbocycles. The molecule has 69 heavy (non-hydrogen) atoms. The van der Waals surface area contributed by atoms with E-state index in [-0.39, 0.29) is 50.6 Å². The Morgan fingerprint density at radius 1 is 0.957 bits per heavy atom. The van der Waals surface area contributed by atoms with Crippen molar-refractivity contribution in [1.82, 2.24) is 25.2 Å². The van der Waals surface area contributed by atoms with Crippen LogP contribution in [-0.4, -0.2) is 124 Å². The highest BCUT2D eigenvalue weighted by Gasteiger charge is 2.54. The number of ether oxygens (including phenoxy) is 1. The van der Waals surface area contributed by atoms with E-state index < -0.39 is 30.8 Å². The molecule has 3 aliphatic rings. The summed E-state index contributed by atoms with van der Waals surface area (Å²) in [5.41, 5.74) is 5.32. The van der Waals surface area contributed by atoms with Gasteiger partial charge in [0, 0.05) is 90.9 Å². The van der Waals surface area contributed by atoms with Crippen LogP contribution in [0.4, 0.5) is 8.63 Å². The monoisotopic (exact) mass is 978 g/mol. The van der Waals surface area contributed by atoms with Crippen LogP contribution < -0.4 is 15.4 Å². The van der Waals surface area contributed by atoms with E-state index >= 15 is 8.63 Å². The van der Waals surface area contributed by atoms with Gasteiger partial charge in [-0.25, -0.2) is 10.1 Å². The fourth-order valence-corrected chi connectivity index (χ4v) is 8.78. The second kappa shape index (κ2) is 24.1. The van der Waals surface area contributed by atoms with Crippen molar-refractivity contribution < 1.29 is 65.8 Å². The van der Waals surface area contributed by atoms with Crippen molar-refractivity contribution in [3.05, 3.63) is 88.4 Å². The van der Waals surface area contributed by atoms with Gasteiger partial charge in [-0.2, -0.15) is 0 Å². The van der Waals surface area contributed by atoms with Crippen molar-refractivity contribution in [2.75, 3.05) is 46.6 Å². The quantitative estimate of drug-likeness (QED) is 0.0118. The molecule has 6 rings (SSSR count). The summed E-state index contributed by atoms with van der Waals surface area (Å²) < 4.78 is 47.5. The van der Waals surface area contributed by atoms with Crippen LogP contribution in [0.25, 0.3) is 23.5 Å². The largest absolute Gasteiger partial charge is 0.737 e. The first-order chi connectivity index (χ1) is 32.9. The van der Waals surface area contributed by atoms with E-state index in [4.69, 9.17) is 14.8 Å². The zero-order chi connectivity index (χ0) is 49.7. The number of aryl methyl sites for hydroxylation is 2. The highest BCUT2D eigenvalue weighted by molar-refractivity contribution is 7.94. The lowest BCUT2D eigenvalue weighted by atomic mass is 9.89. The fraction of sp³-hybridized carbons (Fsp3) is 0.458. The Kier molecular flexibility index (Phi) is 18.3. The number of allylic oxidation sites excluding steroid dienone is 3. The second-order valence-corrected chi connectivity index (χ2v) is 19.2. The van der Waals surface area contributed by atoms with Gasteiger partial charge in [0.25, 0.3) is 11.8 Å². The van der Waals surface area contributed by atoms with E-state index in [1.807, 2.05) is 44.2 Å². The first-order valence-corrected chi connectivity index (χ1v) is 24.3. The molecule has 3 aromatic rings. The summed E-state index contributed by atoms with van der Waals surface area (Å²) in [6, 6.07) is 11.9. The number of aromatic nitrogens is 2. The molecule has 0 bridgehead atoms. The van der Waals surface area contributed by atoms with Gasteiger partial charge in [-0.15, -0.1) is 9.40 Å². The number of hydrogen-bond donors (Lipinski definition) is 4. The number of benzene rings is 1. The highest BCUT2D eigenvalue weighted by atomic mass is 32.2. The third-order valence-corrected chi connectivity index (χ3v) is 12.5. The minimum absolute atomic E-state index is 0.0164. The van der Waals surface area contributed by atoms with Crippen LogP contribution >= 0.6 is 12.0 Å². The number of amides is 4. The Bertz CT molecular complexity index is 2460. The maximum atomic E-state index is 17.0. The smallest absolute Gasteiger partial charge is 0.494 e. The van der Waals surface area contributed by atoms with Crippen molar-refractivity contribution in [2.45, 2.75) is 96.9 Å². The molecular weight excluding hydrogens is 915 g/mol. The molecule has 5 heterocycles. The molecule has 1 saturated heterocycles. The van der Waals surface area contributed by atoms with Gasteiger partial charge in [0.2, 0.25) is 11.8 Å². The number of quaternary nitrogens is 1. The molecule has 1 fully saturated rings. The lowest BCUT2D eigenvalue weighted by Crippen LogP contribution is -2.50. The van der Waals surface area contributed by atoms with Gasteiger partial charge < -0.3 is 47.3 Å². The number of rotatable bonds is 27. The topological polar surface area (TPSA) is 194 Å². The standard InChI is InChI=1S/C48H62BF2N7O10S/c1-33-30-37(55-41(33)32-42-36(12-11-29-69-68-67-64)31-43(56(42)49(55,50)51)39-23-16-34(2)53-39)20-17-35-18-21-38(22-19-35)65-28-10-14-44(59)54-40(13-7-9-27-58(3,4)5)48(63)52-26-8-6-15-47(62)66-57-45(60)24-25-46(57)61/h16-23,30-32,40,53H,6-15,24-29H2,1-5H3,(H2-,52,54,59,63,64)/p+1/b20-17+. The van der Waals surface area contributed by atoms with Crippen LogP contribution in [0, 0.1) is 6.92 Å². The normalized spacial score (nSPS) is 15.9. The molecule has 2 aromatic heterocycles. The van der Waals surface area contributed by atoms with Gasteiger partial charge in [0.05, 0.1) is 40.0 Å². The number of imide groups is 1. The van der Waals surface area contributed by atoms with Crippen LogP contribution in [0.5, 0.6) is 5.75 Å². The van der Waals surface area contributed by atoms with Crippen LogP contribution in [0.3, 0.4) is 0 Å². The number of nitrogens with zero attached hydrogens (tertiary/aromatic N) is 4. The van der Waals surface area contributed by atoms with E-state index in [1.165, 1.54) is 0 Å². The van der Waals surface area contributed by atoms with Gasteiger partial charge >= 0.3 is 12.9 Å². The number of fused-ring (bicyclic) bond motifs is 2. The van der Waals surface area contributed by atoms with Crippen LogP contribution in [-0.2, 0) is 44.6 Å². The maximum Gasteiger partial charge on any atom is 0.737 e. The molecule has 372 valence electrons. The van der Waals surface area contributed by atoms with Gasteiger partial charge in [0.1, 0.15) is 11.8 Å². The van der Waals surface area contributed by atoms with Gasteiger partial charge in [-0.05, 0) is 113 Å². The number of hydroxylamine groups is 2. The molecule has 21 heteroatoms. The van der Waals surface area contributed by atoms with Crippen molar-refractivity contribution in [3.8, 4) is 17.1 Å². The third-order valence-electron chi connectivity index (χ3n) is 11.9. The molecule has 17 nitrogen and oxygen atoms in total. The molecular formula is C48H63BF2N7O10S+. The molecule has 0 saturated carbocycles. The summed E-state index contributed by atoms with van der Waals surface area (Å²) in [5.74, 6) is -1.33. The van der Waals surface area contributed by atoms with Crippen LogP contribution in [0.15, 0.2) is 65.9 Å². The molecule has 1 atom stereocenters. The van der Waals surface area contributed by atoms with Gasteiger partial charge in [0.15, 0.2) is 11.4 Å². The minimum atomic E-state index is -4.33. The Morgan fingerprint density at radius 2 is 1.71 bits per heavy atom. The molecule has 1 unspecified atom stereocenters. The lowest BCUT2D eigenvalue weighted by molar-refractivity contribution is -0.870. The zero-order valence-electron chi connectivity index (χ0n) is 39.9. The molecule has 0 radical (unpaired) electrons. The van der Waals surface area contributed by atoms with Crippen molar-refractivity contribution in [2.24, 2.45) is 0 Å². The Morgan fingerprint density at radius 3 is 2.41 bits per heavy atom. The molecule has 0 aliphatic carbocycles. The van der Waals surface area contributed by atoms with Crippen molar-refractivity contribution in [1.29, 1.82) is 0 Å². The molecule has 4 N–H and O–H groups in total. The maximum absolute atomic E-state index is 17.0. The first-order valence-electron chi connectivity index (χ1n) is 23.4. The summed E-state index contributed by atoms with van der Waals surface area (Å²) >= 11 is 0.930. The van der Waals surface area contributed by atoms with Gasteiger partial charge in [-0.1, -0.05) is 17.2 Å². The van der Waals surface area contributed by atoms with Crippen molar-refractivity contribution in [3.63, 3.8) is 0 Å². The number of halogens is 2. The predicted octanol–water partition coefficient (Wildman–Crippen LogP) is 6.91. The van der Waals surface area contributed by atoms with E-state index in [0.717, 1.165) is 61.7 Å². The second-order valence-electron chi connectivity index (χ2n) is 18.5. The summed E-state index contributed by atoms with van der Waals surface area (Å²) in [6.07, 6.45) is 11.5. The Labute approximate surface area is 405 Å². The zero-order valence-corrected chi connectivity index (χ0v) is 40.7. The van der Waals surface area contributed by atoms with E-state index in [9.17, 15) is 24.0 Å². The van der Waals surface area contributed by atoms with E-state index in [2.05, 4.69) is 46.1 Å². The van der Waals surface area contributed by atoms with Crippen molar-refractivity contribution >= 4 is 66.5 Å². The molecule has 0 spiro atoms. The lowest BCUT2D eigenvalue weighted by Gasteiger charge is -2.31. The summed E-state index contributed by atoms with van der Waals surface area (Å²) in [7, 11) is 6.27. The summed E-state index contributed by atoms with van der Waals surface area (Å²) in [6.45, 7) is 0.789. The van der Waals surface area contributed by atoms with E-state index in [1.54, 1.807) is 36.4 Å².